The zero-order valence-electron chi connectivity index (χ0n) is 14.9. The van der Waals surface area contributed by atoms with Gasteiger partial charge < -0.3 is 13.9 Å². The second-order valence-electron chi connectivity index (χ2n) is 5.83. The van der Waals surface area contributed by atoms with Crippen molar-refractivity contribution in [2.45, 2.75) is 46.6 Å². The van der Waals surface area contributed by atoms with E-state index in [0.29, 0.717) is 18.0 Å². The molecular formula is C17H23N3O5. The number of ether oxygens (including phenoxy) is 2. The van der Waals surface area contributed by atoms with Crippen molar-refractivity contribution in [3.05, 3.63) is 34.3 Å². The van der Waals surface area contributed by atoms with Gasteiger partial charge in [0.05, 0.1) is 18.4 Å². The number of hydrogen-bond donors (Lipinski definition) is 1. The highest BCUT2D eigenvalue weighted by Gasteiger charge is 2.14. The van der Waals surface area contributed by atoms with E-state index in [1.54, 1.807) is 18.2 Å². The van der Waals surface area contributed by atoms with Crippen LogP contribution in [0.3, 0.4) is 0 Å². The normalized spacial score (nSPS) is 10.8. The minimum Gasteiger partial charge on any atom is -0.449 e. The molecule has 8 heteroatoms. The van der Waals surface area contributed by atoms with E-state index in [1.807, 2.05) is 27.7 Å². The number of amides is 1. The number of nitrogens with one attached hydrogen (secondary N) is 1. The van der Waals surface area contributed by atoms with E-state index in [-0.39, 0.29) is 12.2 Å². The fourth-order valence-electron chi connectivity index (χ4n) is 2.05. The van der Waals surface area contributed by atoms with Gasteiger partial charge in [-0.15, -0.1) is 0 Å². The third kappa shape index (κ3) is 5.10. The average Bonchev–Trinajstić information content (AvgIpc) is 2.89. The van der Waals surface area contributed by atoms with Gasteiger partial charge in [-0.05, 0) is 51.0 Å². The number of anilines is 1. The van der Waals surface area contributed by atoms with Crippen LogP contribution in [0.15, 0.2) is 27.4 Å². The van der Waals surface area contributed by atoms with Crippen molar-refractivity contribution in [1.29, 1.82) is 0 Å². The average molecular weight is 349 g/mol. The van der Waals surface area contributed by atoms with Gasteiger partial charge in [0.2, 0.25) is 0 Å². The van der Waals surface area contributed by atoms with Crippen LogP contribution in [0.4, 0.5) is 10.5 Å². The maximum Gasteiger partial charge on any atom is 0.444 e. The molecule has 1 N–H and O–H groups in total. The molecule has 2 rings (SSSR count). The van der Waals surface area contributed by atoms with Crippen molar-refractivity contribution in [3.8, 4) is 11.8 Å². The van der Waals surface area contributed by atoms with Gasteiger partial charge in [0, 0.05) is 5.69 Å². The van der Waals surface area contributed by atoms with Gasteiger partial charge in [-0.1, -0.05) is 18.4 Å². The molecule has 0 saturated carbocycles. The molecule has 136 valence electrons. The van der Waals surface area contributed by atoms with Gasteiger partial charge in [0.25, 0.3) is 0 Å². The van der Waals surface area contributed by atoms with Crippen LogP contribution in [0.1, 0.15) is 39.2 Å². The molecule has 1 amide bonds. The molecule has 0 spiro atoms. The van der Waals surface area contributed by atoms with Gasteiger partial charge >= 0.3 is 17.9 Å². The van der Waals surface area contributed by atoms with Crippen molar-refractivity contribution < 1.29 is 18.7 Å². The lowest BCUT2D eigenvalue weighted by atomic mass is 10.2. The van der Waals surface area contributed by atoms with E-state index in [2.05, 4.69) is 10.4 Å². The van der Waals surface area contributed by atoms with E-state index < -0.39 is 11.8 Å². The Balaban J connectivity index is 2.12. The summed E-state index contributed by atoms with van der Waals surface area (Å²) in [5, 5.41) is 6.68. The smallest absolute Gasteiger partial charge is 0.444 e. The van der Waals surface area contributed by atoms with E-state index in [4.69, 9.17) is 13.9 Å². The minimum atomic E-state index is -0.644. The first-order chi connectivity index (χ1) is 11.9. The SMILES string of the molecule is CCCCOC(=O)Nc1ccc(-n2nc(OC(C)C)oc2=O)cc1C. The highest BCUT2D eigenvalue weighted by atomic mass is 16.6. The summed E-state index contributed by atoms with van der Waals surface area (Å²) in [7, 11) is 0. The Kier molecular flexibility index (Phi) is 6.21. The lowest BCUT2D eigenvalue weighted by molar-refractivity contribution is 0.160. The van der Waals surface area contributed by atoms with Gasteiger partial charge in [-0.25, -0.2) is 9.59 Å². The van der Waals surface area contributed by atoms with Crippen molar-refractivity contribution in [3.63, 3.8) is 0 Å². The molecule has 0 bridgehead atoms. The molecular weight excluding hydrogens is 326 g/mol. The van der Waals surface area contributed by atoms with Crippen molar-refractivity contribution in [2.75, 3.05) is 11.9 Å². The van der Waals surface area contributed by atoms with Crippen LogP contribution in [0.25, 0.3) is 5.69 Å². The fourth-order valence-corrected chi connectivity index (χ4v) is 2.05. The van der Waals surface area contributed by atoms with Crippen LogP contribution < -0.4 is 15.8 Å². The van der Waals surface area contributed by atoms with E-state index in [1.165, 1.54) is 0 Å². The van der Waals surface area contributed by atoms with E-state index in [0.717, 1.165) is 23.1 Å². The summed E-state index contributed by atoms with van der Waals surface area (Å²) >= 11 is 0. The van der Waals surface area contributed by atoms with Crippen LogP contribution in [-0.2, 0) is 4.74 Å². The number of benzene rings is 1. The van der Waals surface area contributed by atoms with Gasteiger partial charge in [-0.2, -0.15) is 4.68 Å². The molecule has 25 heavy (non-hydrogen) atoms. The molecule has 0 fully saturated rings. The van der Waals surface area contributed by atoms with Gasteiger partial charge in [0.15, 0.2) is 0 Å². The summed E-state index contributed by atoms with van der Waals surface area (Å²) in [4.78, 5) is 23.6. The zero-order valence-corrected chi connectivity index (χ0v) is 14.9. The molecule has 0 aliphatic heterocycles. The number of carbonyl (C=O) groups excluding carboxylic acids is 1. The zero-order chi connectivity index (χ0) is 18.4. The Morgan fingerprint density at radius 3 is 2.80 bits per heavy atom. The molecule has 0 saturated heterocycles. The fraction of sp³-hybridized carbons (Fsp3) is 0.471. The van der Waals surface area contributed by atoms with Crippen LogP contribution >= 0.6 is 0 Å². The molecule has 0 aliphatic carbocycles. The molecule has 1 heterocycles. The molecule has 1 aromatic carbocycles. The highest BCUT2D eigenvalue weighted by Crippen LogP contribution is 2.19. The predicted molar refractivity (Wildman–Crippen MR) is 92.5 cm³/mol. The summed E-state index contributed by atoms with van der Waals surface area (Å²) in [5.74, 6) is -0.644. The third-order valence-corrected chi connectivity index (χ3v) is 3.29. The van der Waals surface area contributed by atoms with Crippen LogP contribution in [-0.4, -0.2) is 28.6 Å². The largest absolute Gasteiger partial charge is 0.449 e. The number of hydrogen-bond acceptors (Lipinski definition) is 6. The Bertz CT molecular complexity index is 779. The third-order valence-electron chi connectivity index (χ3n) is 3.29. The van der Waals surface area contributed by atoms with Crippen LogP contribution in [0.5, 0.6) is 6.08 Å². The maximum atomic E-state index is 11.9. The number of nitrogens with zero attached hydrogens (tertiary/aromatic N) is 2. The van der Waals surface area contributed by atoms with Gasteiger partial charge in [0.1, 0.15) is 0 Å². The van der Waals surface area contributed by atoms with Crippen LogP contribution in [0, 0.1) is 6.92 Å². The van der Waals surface area contributed by atoms with Crippen LogP contribution in [0.2, 0.25) is 0 Å². The minimum absolute atomic E-state index is 0.0839. The molecule has 1 aromatic heterocycles. The summed E-state index contributed by atoms with van der Waals surface area (Å²) in [5.41, 5.74) is 1.86. The Morgan fingerprint density at radius 1 is 1.40 bits per heavy atom. The van der Waals surface area contributed by atoms with E-state index >= 15 is 0 Å². The van der Waals surface area contributed by atoms with Crippen molar-refractivity contribution >= 4 is 11.8 Å². The number of carbonyl (C=O) groups is 1. The topological polar surface area (TPSA) is 95.6 Å². The number of rotatable bonds is 7. The maximum absolute atomic E-state index is 11.9. The summed E-state index contributed by atoms with van der Waals surface area (Å²) < 4.78 is 16.4. The molecule has 0 unspecified atom stereocenters. The number of unbranched alkanes of at least 4 members (excludes halogenated alkanes) is 1. The second kappa shape index (κ2) is 8.36. The van der Waals surface area contributed by atoms with E-state index in [9.17, 15) is 9.59 Å². The predicted octanol–water partition coefficient (Wildman–Crippen LogP) is 3.27. The monoisotopic (exact) mass is 349 g/mol. The van der Waals surface area contributed by atoms with Crippen molar-refractivity contribution in [2.24, 2.45) is 0 Å². The number of aromatic nitrogens is 2. The summed E-state index contributed by atoms with van der Waals surface area (Å²) in [6.07, 6.45) is 1.03. The molecule has 8 nitrogen and oxygen atoms in total. The lowest BCUT2D eigenvalue weighted by Crippen LogP contribution is -2.16. The first kappa shape index (κ1) is 18.6. The molecule has 0 aliphatic rings. The second-order valence-corrected chi connectivity index (χ2v) is 5.83. The van der Waals surface area contributed by atoms with Gasteiger partial charge in [-0.3, -0.25) is 5.32 Å². The standard InChI is InChI=1S/C17H23N3O5/c1-5-6-9-23-15(21)18-14-8-7-13(10-12(14)4)20-17(22)25-16(19-20)24-11(2)3/h7-8,10-11H,5-6,9H2,1-4H3,(H,18,21). The summed E-state index contributed by atoms with van der Waals surface area (Å²) in [6, 6.07) is 5.04. The number of aryl methyl sites for hydroxylation is 1. The van der Waals surface area contributed by atoms with Crippen molar-refractivity contribution in [1.82, 2.24) is 9.78 Å². The molecule has 0 atom stereocenters. The first-order valence-electron chi connectivity index (χ1n) is 8.22. The lowest BCUT2D eigenvalue weighted by Gasteiger charge is -2.10. The Morgan fingerprint density at radius 2 is 2.16 bits per heavy atom. The quantitative estimate of drug-likeness (QED) is 0.771. The Hall–Kier alpha value is -2.77. The first-order valence-corrected chi connectivity index (χ1v) is 8.22. The highest BCUT2D eigenvalue weighted by molar-refractivity contribution is 5.85. The summed E-state index contributed by atoms with van der Waals surface area (Å²) in [6.45, 7) is 7.83. The molecule has 0 radical (unpaired) electrons. The Labute approximate surface area is 145 Å². The molecule has 2 aromatic rings.